The molecule has 1 aliphatic rings. The number of rotatable bonds is 5. The van der Waals surface area contributed by atoms with Crippen LogP contribution in [0.5, 0.6) is 0 Å². The van der Waals surface area contributed by atoms with Gasteiger partial charge in [-0.3, -0.25) is 4.90 Å². The van der Waals surface area contributed by atoms with Crippen LogP contribution in [0.1, 0.15) is 31.6 Å². The highest BCUT2D eigenvalue weighted by Crippen LogP contribution is 2.33. The largest absolute Gasteiger partial charge is 0.468 e. The number of hydrogen-bond acceptors (Lipinski definition) is 4. The van der Waals surface area contributed by atoms with E-state index >= 15 is 0 Å². The van der Waals surface area contributed by atoms with Gasteiger partial charge in [-0.15, -0.1) is 0 Å². The topological polar surface area (TPSA) is 50.5 Å². The first-order valence-electron chi connectivity index (χ1n) is 6.64. The van der Waals surface area contributed by atoms with E-state index in [4.69, 9.17) is 4.42 Å². The normalized spacial score (nSPS) is 25.3. The fourth-order valence-electron chi connectivity index (χ4n) is 2.56. The van der Waals surface area contributed by atoms with Gasteiger partial charge in [0.1, 0.15) is 5.76 Å². The van der Waals surface area contributed by atoms with Gasteiger partial charge in [-0.25, -0.2) is 8.42 Å². The predicted molar refractivity (Wildman–Crippen MR) is 75.4 cm³/mol. The molecule has 0 amide bonds. The van der Waals surface area contributed by atoms with Crippen LogP contribution in [0.2, 0.25) is 0 Å². The molecule has 1 saturated heterocycles. The molecule has 4 nitrogen and oxygen atoms in total. The van der Waals surface area contributed by atoms with Crippen LogP contribution in [0.15, 0.2) is 34.8 Å². The van der Waals surface area contributed by atoms with Gasteiger partial charge in [0.15, 0.2) is 9.84 Å². The molecule has 0 aliphatic carbocycles. The van der Waals surface area contributed by atoms with Crippen LogP contribution in [0.25, 0.3) is 0 Å². The fourth-order valence-corrected chi connectivity index (χ4v) is 3.22. The molecule has 19 heavy (non-hydrogen) atoms. The molecule has 0 saturated carbocycles. The molecule has 106 valence electrons. The van der Waals surface area contributed by atoms with Gasteiger partial charge in [0.2, 0.25) is 0 Å². The Morgan fingerprint density at radius 3 is 3.00 bits per heavy atom. The van der Waals surface area contributed by atoms with E-state index in [2.05, 4.69) is 18.4 Å². The van der Waals surface area contributed by atoms with E-state index in [1.165, 1.54) is 0 Å². The summed E-state index contributed by atoms with van der Waals surface area (Å²) in [6.45, 7) is 7.03. The summed E-state index contributed by atoms with van der Waals surface area (Å²) < 4.78 is 28.6. The molecule has 0 N–H and O–H groups in total. The number of hydrogen-bond donors (Lipinski definition) is 0. The van der Waals surface area contributed by atoms with E-state index in [-0.39, 0.29) is 11.8 Å². The van der Waals surface area contributed by atoms with E-state index in [0.717, 1.165) is 30.6 Å². The number of likely N-dealkylation sites (tertiary alicyclic amines) is 1. The van der Waals surface area contributed by atoms with Gasteiger partial charge < -0.3 is 4.42 Å². The monoisotopic (exact) mass is 283 g/mol. The van der Waals surface area contributed by atoms with Crippen LogP contribution in [0, 0.1) is 5.92 Å². The number of sulfone groups is 1. The van der Waals surface area contributed by atoms with Crippen LogP contribution < -0.4 is 0 Å². The van der Waals surface area contributed by atoms with Gasteiger partial charge in [0.05, 0.1) is 18.1 Å². The Morgan fingerprint density at radius 1 is 1.58 bits per heavy atom. The zero-order valence-electron chi connectivity index (χ0n) is 11.3. The standard InChI is InChI=1S/C14H21NO3S/c1-3-19(16,17)10-8-15-7-6-12(2)11-13(15)14-5-4-9-18-14/h3-5,9,12-13H,1,6-8,10-11H2,2H3. The van der Waals surface area contributed by atoms with Gasteiger partial charge >= 0.3 is 0 Å². The third-order valence-corrected chi connectivity index (χ3v) is 5.02. The Morgan fingerprint density at radius 2 is 2.37 bits per heavy atom. The SMILES string of the molecule is C=CS(=O)(=O)CCN1CCC(C)CC1c1ccco1. The third kappa shape index (κ3) is 3.70. The van der Waals surface area contributed by atoms with Crippen molar-refractivity contribution >= 4 is 9.84 Å². The van der Waals surface area contributed by atoms with Crippen molar-refractivity contribution in [1.29, 1.82) is 0 Å². The quantitative estimate of drug-likeness (QED) is 0.833. The van der Waals surface area contributed by atoms with Crippen LogP contribution in [-0.2, 0) is 9.84 Å². The Labute approximate surface area is 115 Å². The van der Waals surface area contributed by atoms with E-state index in [1.807, 2.05) is 12.1 Å². The van der Waals surface area contributed by atoms with Gasteiger partial charge in [0, 0.05) is 12.0 Å². The van der Waals surface area contributed by atoms with Crippen LogP contribution in [-0.4, -0.2) is 32.2 Å². The first-order chi connectivity index (χ1) is 9.02. The molecular weight excluding hydrogens is 262 g/mol. The van der Waals surface area contributed by atoms with Crippen molar-refractivity contribution in [1.82, 2.24) is 4.90 Å². The van der Waals surface area contributed by atoms with E-state index in [9.17, 15) is 8.42 Å². The minimum absolute atomic E-state index is 0.127. The second kappa shape index (κ2) is 5.92. The smallest absolute Gasteiger partial charge is 0.172 e. The summed E-state index contributed by atoms with van der Waals surface area (Å²) in [5, 5.41) is 1.04. The number of nitrogens with zero attached hydrogens (tertiary/aromatic N) is 1. The van der Waals surface area contributed by atoms with E-state index < -0.39 is 9.84 Å². The molecule has 2 unspecified atom stereocenters. The fraction of sp³-hybridized carbons (Fsp3) is 0.571. The molecule has 1 aromatic heterocycles. The highest BCUT2D eigenvalue weighted by atomic mass is 32.2. The maximum atomic E-state index is 11.5. The average molecular weight is 283 g/mol. The summed E-state index contributed by atoms with van der Waals surface area (Å²) in [4.78, 5) is 2.21. The van der Waals surface area contributed by atoms with E-state index in [0.29, 0.717) is 12.5 Å². The van der Waals surface area contributed by atoms with Gasteiger partial charge in [-0.05, 0) is 37.4 Å². The Bertz CT molecular complexity index is 507. The van der Waals surface area contributed by atoms with Crippen molar-refractivity contribution in [2.45, 2.75) is 25.8 Å². The van der Waals surface area contributed by atoms with Gasteiger partial charge in [-0.1, -0.05) is 13.5 Å². The lowest BCUT2D eigenvalue weighted by Gasteiger charge is -2.37. The Balaban J connectivity index is 2.06. The van der Waals surface area contributed by atoms with Crippen molar-refractivity contribution in [3.05, 3.63) is 36.1 Å². The molecule has 5 heteroatoms. The summed E-state index contributed by atoms with van der Waals surface area (Å²) in [5.74, 6) is 1.70. The van der Waals surface area contributed by atoms with Crippen molar-refractivity contribution in [3.63, 3.8) is 0 Å². The lowest BCUT2D eigenvalue weighted by molar-refractivity contribution is 0.109. The van der Waals surface area contributed by atoms with Gasteiger partial charge in [0.25, 0.3) is 0 Å². The first-order valence-corrected chi connectivity index (χ1v) is 8.36. The molecule has 2 atom stereocenters. The molecule has 0 spiro atoms. The zero-order chi connectivity index (χ0) is 13.9. The van der Waals surface area contributed by atoms with Crippen LogP contribution >= 0.6 is 0 Å². The van der Waals surface area contributed by atoms with Crippen LogP contribution in [0.3, 0.4) is 0 Å². The van der Waals surface area contributed by atoms with Gasteiger partial charge in [-0.2, -0.15) is 0 Å². The first kappa shape index (κ1) is 14.3. The molecule has 1 fully saturated rings. The van der Waals surface area contributed by atoms with Crippen LogP contribution in [0.4, 0.5) is 0 Å². The van der Waals surface area contributed by atoms with Crippen molar-refractivity contribution < 1.29 is 12.8 Å². The second-order valence-corrected chi connectivity index (χ2v) is 7.30. The summed E-state index contributed by atoms with van der Waals surface area (Å²) >= 11 is 0. The predicted octanol–water partition coefficient (Wildman–Crippen LogP) is 2.61. The minimum Gasteiger partial charge on any atom is -0.468 e. The molecule has 1 aromatic rings. The zero-order valence-corrected chi connectivity index (χ0v) is 12.1. The highest BCUT2D eigenvalue weighted by Gasteiger charge is 2.29. The number of piperidine rings is 1. The molecule has 0 radical (unpaired) electrons. The molecule has 0 bridgehead atoms. The summed E-state index contributed by atoms with van der Waals surface area (Å²) in [6, 6.07) is 4.05. The number of furan rings is 1. The second-order valence-electron chi connectivity index (χ2n) is 5.23. The van der Waals surface area contributed by atoms with Crippen molar-refractivity contribution in [3.8, 4) is 0 Å². The van der Waals surface area contributed by atoms with Crippen molar-refractivity contribution in [2.75, 3.05) is 18.8 Å². The van der Waals surface area contributed by atoms with E-state index in [1.54, 1.807) is 6.26 Å². The van der Waals surface area contributed by atoms with Crippen molar-refractivity contribution in [2.24, 2.45) is 5.92 Å². The summed E-state index contributed by atoms with van der Waals surface area (Å²) in [5.41, 5.74) is 0. The lowest BCUT2D eigenvalue weighted by Crippen LogP contribution is -2.38. The maximum absolute atomic E-state index is 11.5. The molecular formula is C14H21NO3S. The Kier molecular flexibility index (Phi) is 4.47. The Hall–Kier alpha value is -1.07. The average Bonchev–Trinajstić information content (AvgIpc) is 2.91. The minimum atomic E-state index is -3.13. The molecule has 0 aromatic carbocycles. The lowest BCUT2D eigenvalue weighted by atomic mass is 9.91. The molecule has 1 aliphatic heterocycles. The summed E-state index contributed by atoms with van der Waals surface area (Å²) in [6.07, 6.45) is 3.79. The third-order valence-electron chi connectivity index (χ3n) is 3.76. The highest BCUT2D eigenvalue weighted by molar-refractivity contribution is 7.94. The summed E-state index contributed by atoms with van der Waals surface area (Å²) in [7, 11) is -3.13. The molecule has 2 heterocycles. The molecule has 2 rings (SSSR count). The maximum Gasteiger partial charge on any atom is 0.172 e.